The highest BCUT2D eigenvalue weighted by molar-refractivity contribution is 5.87. The van der Waals surface area contributed by atoms with Gasteiger partial charge in [-0.3, -0.25) is 4.79 Å². The molecule has 0 radical (unpaired) electrons. The van der Waals surface area contributed by atoms with Crippen LogP contribution >= 0.6 is 0 Å². The van der Waals surface area contributed by atoms with E-state index in [1.807, 2.05) is 70.2 Å². The molecule has 0 bridgehead atoms. The van der Waals surface area contributed by atoms with Crippen LogP contribution in [0.3, 0.4) is 0 Å². The van der Waals surface area contributed by atoms with Crippen molar-refractivity contribution in [3.05, 3.63) is 149 Å². The standard InChI is InChI=1S/C9H10O2.C9H12O.C9H10O.C9H12.O2.H2O/c1-6-3-4-8(9(10)11)5-7(6)2;2*1-7-3-4-9(6-10)5-8(7)2;1-7-4-5-8(2)9(3)6-7;1-2;/h3-5H,1-2H3,(H,10,11);3-5,10H,6H2,1-2H3;3-6H,1-2H3;4-6H,1-3H3;;1H2. The van der Waals surface area contributed by atoms with E-state index in [1.54, 1.807) is 12.1 Å². The maximum atomic E-state index is 10.5. The Hall–Kier alpha value is -4.46. The molecule has 4 aromatic carbocycles. The normalized spacial score (nSPS) is 9.07. The van der Waals surface area contributed by atoms with E-state index in [2.05, 4.69) is 52.8 Å². The van der Waals surface area contributed by atoms with Crippen LogP contribution in [0.2, 0.25) is 0 Å². The highest BCUT2D eigenvalue weighted by atomic mass is 16.7. The minimum atomic E-state index is -0.867. The van der Waals surface area contributed by atoms with Gasteiger partial charge < -0.3 is 15.7 Å². The van der Waals surface area contributed by atoms with Gasteiger partial charge >= 0.3 is 5.97 Å². The molecule has 0 aromatic heterocycles. The summed E-state index contributed by atoms with van der Waals surface area (Å²) < 4.78 is 0. The molecule has 4 N–H and O–H groups in total. The van der Waals surface area contributed by atoms with Crippen molar-refractivity contribution in [1.29, 1.82) is 0 Å². The summed E-state index contributed by atoms with van der Waals surface area (Å²) in [6, 6.07) is 23.3. The number of hydrogen-bond acceptors (Lipinski definition) is 5. The van der Waals surface area contributed by atoms with Gasteiger partial charge in [0.25, 0.3) is 0 Å². The first-order chi connectivity index (χ1) is 19.8. The minimum Gasteiger partial charge on any atom is -0.478 e. The van der Waals surface area contributed by atoms with Crippen molar-refractivity contribution in [3.8, 4) is 0 Å². The topological polar surface area (TPSA) is 140 Å². The largest absolute Gasteiger partial charge is 0.478 e. The number of carboxylic acid groups (broad SMARTS) is 1. The van der Waals surface area contributed by atoms with Crippen LogP contribution in [0.1, 0.15) is 76.4 Å². The van der Waals surface area contributed by atoms with Gasteiger partial charge in [-0.15, -0.1) is 0 Å². The third kappa shape index (κ3) is 15.4. The predicted octanol–water partition coefficient (Wildman–Crippen LogP) is 7.77. The molecule has 0 saturated carbocycles. The maximum Gasteiger partial charge on any atom is 0.335 e. The van der Waals surface area contributed by atoms with Gasteiger partial charge in [0.1, 0.15) is 6.29 Å². The zero-order valence-electron chi connectivity index (χ0n) is 26.7. The molecule has 0 amide bonds. The van der Waals surface area contributed by atoms with E-state index in [9.17, 15) is 9.59 Å². The molecule has 0 aliphatic rings. The number of carbonyl (C=O) groups is 2. The van der Waals surface area contributed by atoms with E-state index >= 15 is 0 Å². The van der Waals surface area contributed by atoms with E-state index in [0.717, 1.165) is 28.5 Å². The van der Waals surface area contributed by atoms with Gasteiger partial charge in [0.15, 0.2) is 0 Å². The molecule has 232 valence electrons. The average Bonchev–Trinajstić information content (AvgIpc) is 2.97. The Balaban J connectivity index is 0. The van der Waals surface area contributed by atoms with Crippen molar-refractivity contribution in [2.45, 2.75) is 68.9 Å². The Morgan fingerprint density at radius 3 is 1.37 bits per heavy atom. The summed E-state index contributed by atoms with van der Waals surface area (Å²) in [4.78, 5) is 34.7. The van der Waals surface area contributed by atoms with Crippen LogP contribution in [-0.4, -0.2) is 27.9 Å². The molecule has 0 spiro atoms. The van der Waals surface area contributed by atoms with Gasteiger partial charge in [0.05, 0.1) is 12.2 Å². The lowest BCUT2D eigenvalue weighted by Gasteiger charge is -2.00. The van der Waals surface area contributed by atoms with Gasteiger partial charge in [-0.2, -0.15) is 0 Å². The number of rotatable bonds is 3. The molecule has 0 saturated heterocycles. The van der Waals surface area contributed by atoms with Crippen molar-refractivity contribution in [2.24, 2.45) is 0 Å². The van der Waals surface area contributed by atoms with Gasteiger partial charge in [0.2, 0.25) is 0 Å². The molecule has 0 fully saturated rings. The average molecular weight is 591 g/mol. The number of aliphatic hydroxyl groups is 1. The molecule has 0 aliphatic heterocycles. The zero-order chi connectivity index (χ0) is 32.4. The second kappa shape index (κ2) is 21.3. The summed E-state index contributed by atoms with van der Waals surface area (Å²) in [6.45, 7) is 18.5. The number of aromatic carboxylic acids is 1. The Bertz CT molecular complexity index is 1440. The monoisotopic (exact) mass is 590 g/mol. The van der Waals surface area contributed by atoms with E-state index in [1.165, 1.54) is 38.9 Å². The van der Waals surface area contributed by atoms with Gasteiger partial charge in [0, 0.05) is 15.5 Å². The summed E-state index contributed by atoms with van der Waals surface area (Å²) in [5.74, 6) is -0.867. The Labute approximate surface area is 255 Å². The maximum absolute atomic E-state index is 10.5. The van der Waals surface area contributed by atoms with Crippen molar-refractivity contribution in [1.82, 2.24) is 0 Å². The summed E-state index contributed by atoms with van der Waals surface area (Å²) >= 11 is 0. The number of carboxylic acids is 1. The van der Waals surface area contributed by atoms with Crippen molar-refractivity contribution < 1.29 is 25.3 Å². The summed E-state index contributed by atoms with van der Waals surface area (Å²) in [5.41, 5.74) is 13.3. The van der Waals surface area contributed by atoms with E-state index in [-0.39, 0.29) is 12.1 Å². The molecule has 4 rings (SSSR count). The SMILES string of the molecule is Cc1ccc(C(=O)O)cc1C.Cc1ccc(C)c(C)c1.Cc1ccc(C=O)cc1C.Cc1ccc(CO)cc1C.O.O=O. The highest BCUT2D eigenvalue weighted by Gasteiger charge is 2.02. The minimum absolute atomic E-state index is 0. The lowest BCUT2D eigenvalue weighted by molar-refractivity contribution is 0.0696. The number of carbonyl (C=O) groups excluding carboxylic acids is 1. The molecule has 43 heavy (non-hydrogen) atoms. The molecular weight excluding hydrogens is 544 g/mol. The third-order valence-corrected chi connectivity index (χ3v) is 6.84. The van der Waals surface area contributed by atoms with Gasteiger partial charge in [-0.1, -0.05) is 60.2 Å². The van der Waals surface area contributed by atoms with Crippen LogP contribution in [0.25, 0.3) is 0 Å². The van der Waals surface area contributed by atoms with Crippen molar-refractivity contribution in [3.63, 3.8) is 0 Å². The van der Waals surface area contributed by atoms with Gasteiger partial charge in [-0.05, 0) is 131 Å². The smallest absolute Gasteiger partial charge is 0.335 e. The summed E-state index contributed by atoms with van der Waals surface area (Å²) in [5, 5.41) is 17.4. The fourth-order valence-corrected chi connectivity index (χ4v) is 3.51. The first kappa shape index (κ1) is 40.7. The van der Waals surface area contributed by atoms with Gasteiger partial charge in [-0.25, -0.2) is 4.79 Å². The third-order valence-electron chi connectivity index (χ3n) is 6.84. The lowest BCUT2D eigenvalue weighted by Crippen LogP contribution is -1.96. The molecule has 0 heterocycles. The second-order valence-electron chi connectivity index (χ2n) is 10.2. The van der Waals surface area contributed by atoms with Crippen LogP contribution in [0.4, 0.5) is 0 Å². The summed E-state index contributed by atoms with van der Waals surface area (Å²) in [6.07, 6.45) is 0.867. The molecule has 0 unspecified atom stereocenters. The molecule has 0 aliphatic carbocycles. The van der Waals surface area contributed by atoms with Crippen molar-refractivity contribution in [2.75, 3.05) is 0 Å². The molecule has 7 heteroatoms. The summed E-state index contributed by atoms with van der Waals surface area (Å²) in [7, 11) is 0. The van der Waals surface area contributed by atoms with Crippen molar-refractivity contribution >= 4 is 12.3 Å². The Kier molecular flexibility index (Phi) is 20.1. The number of aldehydes is 1. The quantitative estimate of drug-likeness (QED) is 0.234. The zero-order valence-corrected chi connectivity index (χ0v) is 26.7. The van der Waals surface area contributed by atoms with Crippen LogP contribution in [-0.2, 0) is 6.61 Å². The predicted molar refractivity (Wildman–Crippen MR) is 177 cm³/mol. The first-order valence-electron chi connectivity index (χ1n) is 13.5. The molecule has 7 nitrogen and oxygen atoms in total. The van der Waals surface area contributed by atoms with E-state index in [4.69, 9.17) is 20.1 Å². The number of aliphatic hydroxyl groups excluding tert-OH is 1. The number of hydrogen-bond donors (Lipinski definition) is 2. The van der Waals surface area contributed by atoms with E-state index in [0.29, 0.717) is 5.56 Å². The fraction of sp³-hybridized carbons (Fsp3) is 0.278. The number of benzene rings is 4. The molecular formula is C36H46O7. The molecule has 0 atom stereocenters. The highest BCUT2D eigenvalue weighted by Crippen LogP contribution is 2.11. The number of aryl methyl sites for hydroxylation is 9. The lowest BCUT2D eigenvalue weighted by atomic mass is 10.1. The Morgan fingerprint density at radius 1 is 0.581 bits per heavy atom. The van der Waals surface area contributed by atoms with Crippen LogP contribution in [0.15, 0.2) is 72.8 Å². The first-order valence-corrected chi connectivity index (χ1v) is 13.5. The molecule has 4 aromatic rings. The second-order valence-corrected chi connectivity index (χ2v) is 10.2. The van der Waals surface area contributed by atoms with Crippen LogP contribution in [0.5, 0.6) is 0 Å². The van der Waals surface area contributed by atoms with Crippen LogP contribution < -0.4 is 0 Å². The fourth-order valence-electron chi connectivity index (χ4n) is 3.51. The van der Waals surface area contributed by atoms with E-state index < -0.39 is 5.97 Å². The van der Waals surface area contributed by atoms with Crippen LogP contribution in [0, 0.1) is 72.2 Å². The Morgan fingerprint density at radius 2 is 1.00 bits per heavy atom.